The summed E-state index contributed by atoms with van der Waals surface area (Å²) in [6.45, 7) is 9.62. The van der Waals surface area contributed by atoms with Crippen LogP contribution < -0.4 is 9.64 Å². The Morgan fingerprint density at radius 2 is 1.73 bits per heavy atom. The number of carbonyl (C=O) groups is 1. The molecule has 0 bridgehead atoms. The SMILES string of the molecule is Cc1ccc(C(C)C)c(OCC(=O)N2CCN(c3ccccc3)CC2)c1. The number of carbonyl (C=O) groups excluding carboxylic acids is 1. The minimum absolute atomic E-state index is 0.0638. The fourth-order valence-electron chi connectivity index (χ4n) is 3.33. The van der Waals surface area contributed by atoms with Crippen molar-refractivity contribution in [1.82, 2.24) is 4.90 Å². The molecule has 26 heavy (non-hydrogen) atoms. The second-order valence-electron chi connectivity index (χ2n) is 7.19. The normalized spacial score (nSPS) is 14.6. The van der Waals surface area contributed by atoms with Gasteiger partial charge in [-0.1, -0.05) is 44.2 Å². The number of para-hydroxylation sites is 1. The molecule has 1 heterocycles. The van der Waals surface area contributed by atoms with Gasteiger partial charge in [-0.05, 0) is 42.2 Å². The van der Waals surface area contributed by atoms with Gasteiger partial charge in [-0.2, -0.15) is 0 Å². The van der Waals surface area contributed by atoms with E-state index in [2.05, 4.69) is 55.1 Å². The van der Waals surface area contributed by atoms with Crippen LogP contribution in [0.3, 0.4) is 0 Å². The Balaban J connectivity index is 1.55. The van der Waals surface area contributed by atoms with Crippen LogP contribution >= 0.6 is 0 Å². The van der Waals surface area contributed by atoms with Crippen molar-refractivity contribution in [2.45, 2.75) is 26.7 Å². The van der Waals surface area contributed by atoms with Gasteiger partial charge < -0.3 is 14.5 Å². The lowest BCUT2D eigenvalue weighted by molar-refractivity contribution is -0.133. The first-order valence-corrected chi connectivity index (χ1v) is 9.35. The molecule has 1 aliphatic rings. The highest BCUT2D eigenvalue weighted by atomic mass is 16.5. The summed E-state index contributed by atoms with van der Waals surface area (Å²) in [6, 6.07) is 16.6. The van der Waals surface area contributed by atoms with Crippen molar-refractivity contribution in [1.29, 1.82) is 0 Å². The number of hydrogen-bond acceptors (Lipinski definition) is 3. The molecule has 1 amide bonds. The molecule has 138 valence electrons. The molecule has 0 atom stereocenters. The molecule has 2 aromatic carbocycles. The quantitative estimate of drug-likeness (QED) is 0.819. The van der Waals surface area contributed by atoms with E-state index in [1.807, 2.05) is 24.0 Å². The molecule has 0 N–H and O–H groups in total. The predicted molar refractivity (Wildman–Crippen MR) is 106 cm³/mol. The molecule has 1 fully saturated rings. The number of anilines is 1. The van der Waals surface area contributed by atoms with Gasteiger partial charge >= 0.3 is 0 Å². The van der Waals surface area contributed by atoms with Gasteiger partial charge in [-0.15, -0.1) is 0 Å². The van der Waals surface area contributed by atoms with Gasteiger partial charge in [0.15, 0.2) is 6.61 Å². The number of piperazine rings is 1. The van der Waals surface area contributed by atoms with Gasteiger partial charge in [0.05, 0.1) is 0 Å². The highest BCUT2D eigenvalue weighted by Crippen LogP contribution is 2.27. The average molecular weight is 352 g/mol. The van der Waals surface area contributed by atoms with E-state index >= 15 is 0 Å². The second kappa shape index (κ2) is 8.26. The molecule has 1 saturated heterocycles. The smallest absolute Gasteiger partial charge is 0.260 e. The molecular weight excluding hydrogens is 324 g/mol. The first-order valence-electron chi connectivity index (χ1n) is 9.35. The monoisotopic (exact) mass is 352 g/mol. The number of hydrogen-bond donors (Lipinski definition) is 0. The summed E-state index contributed by atoms with van der Waals surface area (Å²) in [5.41, 5.74) is 3.52. The molecule has 4 nitrogen and oxygen atoms in total. The van der Waals surface area contributed by atoms with Gasteiger partial charge in [-0.3, -0.25) is 4.79 Å². The zero-order chi connectivity index (χ0) is 18.5. The fourth-order valence-corrected chi connectivity index (χ4v) is 3.33. The molecule has 2 aromatic rings. The molecule has 0 aromatic heterocycles. The number of ether oxygens (including phenoxy) is 1. The van der Waals surface area contributed by atoms with E-state index in [-0.39, 0.29) is 12.5 Å². The molecule has 0 radical (unpaired) electrons. The third-order valence-electron chi connectivity index (χ3n) is 4.90. The fraction of sp³-hybridized carbons (Fsp3) is 0.409. The van der Waals surface area contributed by atoms with Crippen LogP contribution in [0, 0.1) is 6.92 Å². The Labute approximate surface area is 156 Å². The highest BCUT2D eigenvalue weighted by molar-refractivity contribution is 5.78. The van der Waals surface area contributed by atoms with Crippen molar-refractivity contribution < 1.29 is 9.53 Å². The summed E-state index contributed by atoms with van der Waals surface area (Å²) in [7, 11) is 0. The molecule has 0 saturated carbocycles. The van der Waals surface area contributed by atoms with Crippen LogP contribution in [0.25, 0.3) is 0 Å². The van der Waals surface area contributed by atoms with Gasteiger partial charge in [0.1, 0.15) is 5.75 Å². The minimum atomic E-state index is 0.0638. The molecule has 3 rings (SSSR count). The third kappa shape index (κ3) is 4.37. The lowest BCUT2D eigenvalue weighted by Crippen LogP contribution is -2.50. The Kier molecular flexibility index (Phi) is 5.82. The Morgan fingerprint density at radius 1 is 1.04 bits per heavy atom. The predicted octanol–water partition coefficient (Wildman–Crippen LogP) is 3.85. The number of benzene rings is 2. The van der Waals surface area contributed by atoms with Crippen molar-refractivity contribution in [2.24, 2.45) is 0 Å². The van der Waals surface area contributed by atoms with Crippen LogP contribution in [0.5, 0.6) is 5.75 Å². The summed E-state index contributed by atoms with van der Waals surface area (Å²) in [5, 5.41) is 0. The standard InChI is InChI=1S/C22H28N2O2/c1-17(2)20-10-9-18(3)15-21(20)26-16-22(25)24-13-11-23(12-14-24)19-7-5-4-6-8-19/h4-10,15,17H,11-14,16H2,1-3H3. The van der Waals surface area contributed by atoms with Crippen LogP contribution in [-0.4, -0.2) is 43.6 Å². The maximum absolute atomic E-state index is 12.6. The van der Waals surface area contributed by atoms with E-state index in [0.29, 0.717) is 5.92 Å². The van der Waals surface area contributed by atoms with Gasteiger partial charge in [-0.25, -0.2) is 0 Å². The Bertz CT molecular complexity index is 735. The number of nitrogens with zero attached hydrogens (tertiary/aromatic N) is 2. The molecule has 4 heteroatoms. The summed E-state index contributed by atoms with van der Waals surface area (Å²) >= 11 is 0. The number of rotatable bonds is 5. The van der Waals surface area contributed by atoms with Gasteiger partial charge in [0.2, 0.25) is 0 Å². The summed E-state index contributed by atoms with van der Waals surface area (Å²) < 4.78 is 5.90. The average Bonchev–Trinajstić information content (AvgIpc) is 2.66. The van der Waals surface area contributed by atoms with Crippen LogP contribution in [-0.2, 0) is 4.79 Å². The first kappa shape index (κ1) is 18.3. The molecule has 0 aliphatic carbocycles. The van der Waals surface area contributed by atoms with Crippen molar-refractivity contribution in [2.75, 3.05) is 37.7 Å². The van der Waals surface area contributed by atoms with Crippen LogP contribution in [0.4, 0.5) is 5.69 Å². The third-order valence-corrected chi connectivity index (χ3v) is 4.90. The summed E-state index contributed by atoms with van der Waals surface area (Å²) in [6.07, 6.45) is 0. The number of aryl methyl sites for hydroxylation is 1. The van der Waals surface area contributed by atoms with E-state index in [9.17, 15) is 4.79 Å². The zero-order valence-corrected chi connectivity index (χ0v) is 15.9. The van der Waals surface area contributed by atoms with Gasteiger partial charge in [0, 0.05) is 31.9 Å². The maximum atomic E-state index is 12.6. The molecule has 1 aliphatic heterocycles. The number of amides is 1. The first-order chi connectivity index (χ1) is 12.5. The lowest BCUT2D eigenvalue weighted by atomic mass is 10.0. The van der Waals surface area contributed by atoms with Gasteiger partial charge in [0.25, 0.3) is 5.91 Å². The minimum Gasteiger partial charge on any atom is -0.483 e. The highest BCUT2D eigenvalue weighted by Gasteiger charge is 2.22. The molecule has 0 unspecified atom stereocenters. The Morgan fingerprint density at radius 3 is 2.38 bits per heavy atom. The van der Waals surface area contributed by atoms with E-state index in [1.165, 1.54) is 5.69 Å². The largest absolute Gasteiger partial charge is 0.483 e. The lowest BCUT2D eigenvalue weighted by Gasteiger charge is -2.36. The van der Waals surface area contributed by atoms with E-state index in [0.717, 1.165) is 43.1 Å². The Hall–Kier alpha value is -2.49. The van der Waals surface area contributed by atoms with Crippen molar-refractivity contribution in [3.8, 4) is 5.75 Å². The second-order valence-corrected chi connectivity index (χ2v) is 7.19. The van der Waals surface area contributed by atoms with Crippen molar-refractivity contribution in [3.05, 3.63) is 59.7 Å². The summed E-state index contributed by atoms with van der Waals surface area (Å²) in [5.74, 6) is 1.26. The topological polar surface area (TPSA) is 32.8 Å². The van der Waals surface area contributed by atoms with E-state index in [4.69, 9.17) is 4.74 Å². The zero-order valence-electron chi connectivity index (χ0n) is 15.9. The molecular formula is C22H28N2O2. The van der Waals surface area contributed by atoms with E-state index < -0.39 is 0 Å². The summed E-state index contributed by atoms with van der Waals surface area (Å²) in [4.78, 5) is 16.8. The van der Waals surface area contributed by atoms with Crippen LogP contribution in [0.15, 0.2) is 48.5 Å². The van der Waals surface area contributed by atoms with Crippen LogP contribution in [0.2, 0.25) is 0 Å². The van der Waals surface area contributed by atoms with Crippen molar-refractivity contribution >= 4 is 11.6 Å². The molecule has 0 spiro atoms. The van der Waals surface area contributed by atoms with Crippen molar-refractivity contribution in [3.63, 3.8) is 0 Å². The van der Waals surface area contributed by atoms with Crippen LogP contribution in [0.1, 0.15) is 30.9 Å². The van der Waals surface area contributed by atoms with E-state index in [1.54, 1.807) is 0 Å². The maximum Gasteiger partial charge on any atom is 0.260 e.